The van der Waals surface area contributed by atoms with Crippen LogP contribution in [0.15, 0.2) is 83.8 Å². The van der Waals surface area contributed by atoms with Gasteiger partial charge in [-0.3, -0.25) is 33.7 Å². The first-order valence-corrected chi connectivity index (χ1v) is 28.8. The van der Waals surface area contributed by atoms with Gasteiger partial charge in [0.1, 0.15) is 31.3 Å². The maximum absolute atomic E-state index is 14.1. The number of imide groups is 1. The van der Waals surface area contributed by atoms with E-state index in [1.165, 1.54) is 23.1 Å². The third-order valence-corrected chi connectivity index (χ3v) is 16.0. The number of ether oxygens (including phenoxy) is 5. The molecule has 85 heavy (non-hydrogen) atoms. The Bertz CT molecular complexity index is 3490. The second-order valence-corrected chi connectivity index (χ2v) is 23.1. The number of aryl methyl sites for hydroxylation is 1. The van der Waals surface area contributed by atoms with E-state index in [0.717, 1.165) is 34.9 Å². The van der Waals surface area contributed by atoms with Crippen molar-refractivity contribution in [3.8, 4) is 17.1 Å². The van der Waals surface area contributed by atoms with Crippen molar-refractivity contribution >= 4 is 58.1 Å². The molecule has 1 atom stereocenters. The molecule has 0 saturated heterocycles. The highest BCUT2D eigenvalue weighted by molar-refractivity contribution is 6.12. The fraction of sp³-hybridized carbons (Fsp3) is 0.468. The van der Waals surface area contributed by atoms with Gasteiger partial charge >= 0.3 is 11.9 Å². The van der Waals surface area contributed by atoms with Gasteiger partial charge < -0.3 is 49.3 Å². The number of allylic oxidation sites excluding steroid dienone is 1. The second kappa shape index (κ2) is 26.2. The standard InChI is InChI=1S/C62H73N9O14/c1-7-44-45-28-43(72)20-21-49(45)66-56-46(44)33-70-50(56)29-48-47(58(70)79)34-82-59(80)62(48,8-2)85-55(77)11-9-10-38-14-18-41(19-15-38)65-52(74)36-81-35-51(73)64-37-61(5,6)83-26-24-60(3,4)84-27-25-69-32-42(67-68-69)30-63-57(78)40-16-12-39(13-17-40)31-71-53(75)22-23-54(71)76/h9,11,14-15,18-23,28-29,32,39-40,72H,7-8,10,12-13,16-17,24-27,30-31,33-37H2,1-6H3,(H,63,78)(H,64,73)(H,65,74)/b11-9+/t39?,40?,62-/m0/s1. The Labute approximate surface area is 491 Å². The van der Waals surface area contributed by atoms with E-state index >= 15 is 0 Å². The number of hydrogen-bond donors (Lipinski definition) is 4. The lowest BCUT2D eigenvalue weighted by molar-refractivity contribution is -0.186. The number of pyridine rings is 2. The molecule has 1 aliphatic carbocycles. The van der Waals surface area contributed by atoms with Crippen LogP contribution in [0.5, 0.6) is 5.75 Å². The summed E-state index contributed by atoms with van der Waals surface area (Å²) in [6.07, 6.45) is 11.6. The van der Waals surface area contributed by atoms with Gasteiger partial charge in [-0.05, 0) is 133 Å². The number of cyclic esters (lactones) is 1. The summed E-state index contributed by atoms with van der Waals surface area (Å²) in [6, 6.07) is 13.6. The monoisotopic (exact) mass is 1170 g/mol. The van der Waals surface area contributed by atoms with E-state index in [2.05, 4.69) is 26.3 Å². The van der Waals surface area contributed by atoms with E-state index in [1.807, 2.05) is 34.6 Å². The molecule has 4 N–H and O–H groups in total. The molecule has 9 rings (SSSR count). The molecule has 6 heterocycles. The Kier molecular flexibility index (Phi) is 18.9. The molecule has 1 saturated carbocycles. The molecule has 450 valence electrons. The molecule has 0 radical (unpaired) electrons. The zero-order valence-electron chi connectivity index (χ0n) is 48.8. The smallest absolute Gasteiger partial charge is 0.355 e. The first-order chi connectivity index (χ1) is 40.6. The summed E-state index contributed by atoms with van der Waals surface area (Å²) in [5.41, 5.74) is 2.43. The molecule has 23 nitrogen and oxygen atoms in total. The average molecular weight is 1170 g/mol. The molecule has 5 amide bonds. The number of amides is 5. The third-order valence-electron chi connectivity index (χ3n) is 16.0. The maximum atomic E-state index is 14.1. The van der Waals surface area contributed by atoms with Crippen LogP contribution in [0, 0.1) is 11.8 Å². The zero-order valence-corrected chi connectivity index (χ0v) is 48.8. The Hall–Kier alpha value is -8.41. The van der Waals surface area contributed by atoms with E-state index in [-0.39, 0.29) is 97.9 Å². The number of aromatic hydroxyl groups is 1. The third kappa shape index (κ3) is 14.6. The van der Waals surface area contributed by atoms with Gasteiger partial charge in [-0.2, -0.15) is 0 Å². The first kappa shape index (κ1) is 61.2. The number of carbonyl (C=O) groups excluding carboxylic acids is 7. The van der Waals surface area contributed by atoms with Gasteiger partial charge in [0.25, 0.3) is 17.4 Å². The summed E-state index contributed by atoms with van der Waals surface area (Å²) in [5, 5.41) is 27.9. The number of carbonyl (C=O) groups is 7. The lowest BCUT2D eigenvalue weighted by Gasteiger charge is -2.35. The minimum atomic E-state index is -1.88. The molecule has 5 aromatic rings. The normalized spacial score (nSPS) is 18.3. The lowest BCUT2D eigenvalue weighted by atomic mass is 9.81. The van der Waals surface area contributed by atoms with Crippen LogP contribution in [0.3, 0.4) is 0 Å². The summed E-state index contributed by atoms with van der Waals surface area (Å²) in [7, 11) is 0. The number of aromatic nitrogens is 5. The lowest BCUT2D eigenvalue weighted by Crippen LogP contribution is -2.47. The van der Waals surface area contributed by atoms with Crippen molar-refractivity contribution in [2.75, 3.05) is 44.8 Å². The highest BCUT2D eigenvalue weighted by atomic mass is 16.6. The number of phenols is 1. The summed E-state index contributed by atoms with van der Waals surface area (Å²) >= 11 is 0. The Balaban J connectivity index is 0.641. The molecule has 4 aliphatic rings. The van der Waals surface area contributed by atoms with Crippen molar-refractivity contribution < 1.29 is 62.4 Å². The molecular weight excluding hydrogens is 1090 g/mol. The maximum Gasteiger partial charge on any atom is 0.355 e. The summed E-state index contributed by atoms with van der Waals surface area (Å²) in [5.74, 6) is -2.90. The number of hydrogen-bond acceptors (Lipinski definition) is 17. The number of rotatable bonds is 26. The van der Waals surface area contributed by atoms with E-state index in [4.69, 9.17) is 28.7 Å². The second-order valence-electron chi connectivity index (χ2n) is 23.1. The quantitative estimate of drug-likeness (QED) is 0.0301. The number of anilines is 1. The van der Waals surface area contributed by atoms with Gasteiger partial charge in [0.2, 0.25) is 23.3 Å². The highest BCUT2D eigenvalue weighted by Crippen LogP contribution is 2.43. The largest absolute Gasteiger partial charge is 0.508 e. The molecule has 0 unspecified atom stereocenters. The van der Waals surface area contributed by atoms with Gasteiger partial charge in [-0.1, -0.05) is 37.3 Å². The molecule has 23 heteroatoms. The molecule has 0 bridgehead atoms. The Morgan fingerprint density at radius 1 is 0.871 bits per heavy atom. The van der Waals surface area contributed by atoms with Crippen LogP contribution in [0.1, 0.15) is 114 Å². The fourth-order valence-corrected chi connectivity index (χ4v) is 11.2. The predicted octanol–water partition coefficient (Wildman–Crippen LogP) is 5.39. The van der Waals surface area contributed by atoms with Crippen molar-refractivity contribution in [1.29, 1.82) is 0 Å². The van der Waals surface area contributed by atoms with E-state index < -0.39 is 40.6 Å². The number of esters is 2. The van der Waals surface area contributed by atoms with Gasteiger partial charge in [0.05, 0.1) is 72.7 Å². The first-order valence-electron chi connectivity index (χ1n) is 28.8. The van der Waals surface area contributed by atoms with Crippen LogP contribution >= 0.6 is 0 Å². The van der Waals surface area contributed by atoms with E-state index in [0.29, 0.717) is 86.7 Å². The van der Waals surface area contributed by atoms with Crippen LogP contribution in [-0.2, 0) is 102 Å². The number of fused-ring (bicyclic) bond motifs is 5. The molecule has 1 fully saturated rings. The molecular formula is C62H73N9O14. The van der Waals surface area contributed by atoms with Crippen molar-refractivity contribution in [3.05, 3.63) is 123 Å². The molecule has 3 aromatic heterocycles. The van der Waals surface area contributed by atoms with Gasteiger partial charge in [0, 0.05) is 59.4 Å². The number of nitrogens with zero attached hydrogens (tertiary/aromatic N) is 6. The minimum absolute atomic E-state index is 0.00325. The van der Waals surface area contributed by atoms with Crippen LogP contribution in [0.25, 0.3) is 22.3 Å². The van der Waals surface area contributed by atoms with Gasteiger partial charge in [-0.25, -0.2) is 19.3 Å². The zero-order chi connectivity index (χ0) is 60.6. The van der Waals surface area contributed by atoms with E-state index in [9.17, 15) is 43.5 Å². The van der Waals surface area contributed by atoms with Crippen LogP contribution in [-0.4, -0.2) is 127 Å². The van der Waals surface area contributed by atoms with Crippen molar-refractivity contribution in [2.45, 2.75) is 136 Å². The fourth-order valence-electron chi connectivity index (χ4n) is 11.2. The Morgan fingerprint density at radius 3 is 2.33 bits per heavy atom. The van der Waals surface area contributed by atoms with Crippen molar-refractivity contribution in [1.82, 2.24) is 40.1 Å². The van der Waals surface area contributed by atoms with E-state index in [1.54, 1.807) is 77.0 Å². The molecule has 0 spiro atoms. The summed E-state index contributed by atoms with van der Waals surface area (Å²) in [6.45, 7) is 12.6. The SMILES string of the molecule is CCc1c2c(nc3ccc(O)cc13)-c1cc3c(c(=O)n1C2)COC(=O)[C@@]3(CC)OC(=O)/C=C/Cc1ccc(NC(=O)COCC(=O)NCC(C)(C)OCCC(C)(C)OCCn2cc(CNC(=O)C3CCC(CN4C(=O)C=CC4=O)CC3)nn2)cc1. The number of benzene rings is 2. The number of nitrogens with one attached hydrogen (secondary N) is 3. The van der Waals surface area contributed by atoms with Crippen LogP contribution < -0.4 is 21.5 Å². The number of phenolic OH excluding ortho intramolecular Hbond substituents is 1. The minimum Gasteiger partial charge on any atom is -0.508 e. The Morgan fingerprint density at radius 2 is 1.60 bits per heavy atom. The topological polar surface area (TPSA) is 291 Å². The summed E-state index contributed by atoms with van der Waals surface area (Å²) in [4.78, 5) is 109. The molecule has 3 aliphatic heterocycles. The van der Waals surface area contributed by atoms with Crippen LogP contribution in [0.2, 0.25) is 0 Å². The predicted molar refractivity (Wildman–Crippen MR) is 309 cm³/mol. The average Bonchev–Trinajstić information content (AvgIpc) is 1.77. The highest BCUT2D eigenvalue weighted by Gasteiger charge is 2.50. The van der Waals surface area contributed by atoms with Gasteiger partial charge in [0.15, 0.2) is 0 Å². The summed E-state index contributed by atoms with van der Waals surface area (Å²) < 4.78 is 32.3. The van der Waals surface area contributed by atoms with Crippen molar-refractivity contribution in [3.63, 3.8) is 0 Å². The van der Waals surface area contributed by atoms with Crippen LogP contribution in [0.4, 0.5) is 5.69 Å². The molecule has 2 aromatic carbocycles. The van der Waals surface area contributed by atoms with Crippen molar-refractivity contribution in [2.24, 2.45) is 11.8 Å². The van der Waals surface area contributed by atoms with Gasteiger partial charge in [-0.15, -0.1) is 5.10 Å².